The van der Waals surface area contributed by atoms with Gasteiger partial charge < -0.3 is 14.8 Å². The molecule has 7 nitrogen and oxygen atoms in total. The van der Waals surface area contributed by atoms with Gasteiger partial charge in [-0.25, -0.2) is 5.43 Å². The summed E-state index contributed by atoms with van der Waals surface area (Å²) in [5, 5.41) is 6.72. The summed E-state index contributed by atoms with van der Waals surface area (Å²) < 4.78 is 10.4. The Hall–Kier alpha value is -3.35. The van der Waals surface area contributed by atoms with Gasteiger partial charge in [0.2, 0.25) is 5.91 Å². The Morgan fingerprint density at radius 2 is 1.67 bits per heavy atom. The second-order valence-electron chi connectivity index (χ2n) is 6.03. The van der Waals surface area contributed by atoms with Crippen LogP contribution in [-0.4, -0.2) is 32.2 Å². The van der Waals surface area contributed by atoms with Crippen LogP contribution in [0, 0.1) is 5.92 Å². The van der Waals surface area contributed by atoms with E-state index in [0.717, 1.165) is 5.56 Å². The predicted octanol–water partition coefficient (Wildman–Crippen LogP) is 3.06. The van der Waals surface area contributed by atoms with Crippen LogP contribution in [0.25, 0.3) is 0 Å². The van der Waals surface area contributed by atoms with E-state index in [2.05, 4.69) is 15.8 Å². The first-order chi connectivity index (χ1) is 12.9. The standard InChI is InChI=1S/C20H23N3O4/c1-13(2)19(24)22-16-8-6-15(7-9-16)20(25)23-21-12-14-5-10-17(26-3)18(11-14)27-4/h5-13H,1-4H3,(H,22,24)(H,23,25)/b21-12-. The zero-order valence-electron chi connectivity index (χ0n) is 15.8. The van der Waals surface area contributed by atoms with E-state index in [1.807, 2.05) is 13.8 Å². The van der Waals surface area contributed by atoms with E-state index in [0.29, 0.717) is 22.7 Å². The number of anilines is 1. The molecule has 2 aromatic rings. The van der Waals surface area contributed by atoms with Crippen LogP contribution >= 0.6 is 0 Å². The molecular formula is C20H23N3O4. The molecule has 0 saturated carbocycles. The largest absolute Gasteiger partial charge is 0.493 e. The number of hydrogen-bond donors (Lipinski definition) is 2. The number of carbonyl (C=O) groups excluding carboxylic acids is 2. The van der Waals surface area contributed by atoms with Crippen LogP contribution < -0.4 is 20.2 Å². The number of carbonyl (C=O) groups is 2. The third-order valence-corrected chi connectivity index (χ3v) is 3.73. The van der Waals surface area contributed by atoms with Gasteiger partial charge in [0, 0.05) is 17.2 Å². The molecule has 27 heavy (non-hydrogen) atoms. The highest BCUT2D eigenvalue weighted by molar-refractivity contribution is 5.96. The quantitative estimate of drug-likeness (QED) is 0.580. The number of nitrogens with zero attached hydrogens (tertiary/aromatic N) is 1. The maximum absolute atomic E-state index is 12.1. The maximum atomic E-state index is 12.1. The molecule has 7 heteroatoms. The van der Waals surface area contributed by atoms with Crippen molar-refractivity contribution >= 4 is 23.7 Å². The van der Waals surface area contributed by atoms with Crippen molar-refractivity contribution in [2.75, 3.05) is 19.5 Å². The number of methoxy groups -OCH3 is 2. The van der Waals surface area contributed by atoms with Crippen LogP contribution in [0.15, 0.2) is 47.6 Å². The van der Waals surface area contributed by atoms with E-state index >= 15 is 0 Å². The summed E-state index contributed by atoms with van der Waals surface area (Å²) in [7, 11) is 3.11. The predicted molar refractivity (Wildman–Crippen MR) is 105 cm³/mol. The van der Waals surface area contributed by atoms with E-state index in [1.165, 1.54) is 6.21 Å². The van der Waals surface area contributed by atoms with Crippen LogP contribution in [0.5, 0.6) is 11.5 Å². The van der Waals surface area contributed by atoms with Crippen LogP contribution in [0.3, 0.4) is 0 Å². The number of hydrogen-bond acceptors (Lipinski definition) is 5. The van der Waals surface area contributed by atoms with Gasteiger partial charge in [-0.2, -0.15) is 5.10 Å². The number of hydrazone groups is 1. The second kappa shape index (κ2) is 9.38. The molecule has 0 atom stereocenters. The molecule has 0 radical (unpaired) electrons. The summed E-state index contributed by atoms with van der Waals surface area (Å²) in [6.45, 7) is 3.63. The fraction of sp³-hybridized carbons (Fsp3) is 0.250. The van der Waals surface area contributed by atoms with E-state index in [-0.39, 0.29) is 17.7 Å². The summed E-state index contributed by atoms with van der Waals surface area (Å²) in [5.74, 6) is 0.647. The van der Waals surface area contributed by atoms with Crippen molar-refractivity contribution in [3.8, 4) is 11.5 Å². The number of nitrogens with one attached hydrogen (secondary N) is 2. The van der Waals surface area contributed by atoms with Gasteiger partial charge in [0.1, 0.15) is 0 Å². The third kappa shape index (κ3) is 5.57. The lowest BCUT2D eigenvalue weighted by Crippen LogP contribution is -2.19. The summed E-state index contributed by atoms with van der Waals surface area (Å²) in [6, 6.07) is 11.9. The van der Waals surface area contributed by atoms with Crippen molar-refractivity contribution in [3.05, 3.63) is 53.6 Å². The first kappa shape index (κ1) is 20.0. The Balaban J connectivity index is 1.97. The zero-order valence-corrected chi connectivity index (χ0v) is 15.8. The van der Waals surface area contributed by atoms with Crippen molar-refractivity contribution in [2.24, 2.45) is 11.0 Å². The summed E-state index contributed by atoms with van der Waals surface area (Å²) in [5.41, 5.74) is 4.28. The molecule has 0 fully saturated rings. The average molecular weight is 369 g/mol. The highest BCUT2D eigenvalue weighted by atomic mass is 16.5. The first-order valence-corrected chi connectivity index (χ1v) is 8.41. The number of rotatable bonds is 7. The minimum Gasteiger partial charge on any atom is -0.493 e. The third-order valence-electron chi connectivity index (χ3n) is 3.73. The average Bonchev–Trinajstić information content (AvgIpc) is 2.68. The fourth-order valence-corrected chi connectivity index (χ4v) is 2.15. The van der Waals surface area contributed by atoms with Crippen molar-refractivity contribution < 1.29 is 19.1 Å². The smallest absolute Gasteiger partial charge is 0.271 e. The van der Waals surface area contributed by atoms with Crippen molar-refractivity contribution in [1.82, 2.24) is 5.43 Å². The molecule has 0 unspecified atom stereocenters. The Labute approximate surface area is 158 Å². The van der Waals surface area contributed by atoms with Gasteiger partial charge in [0.05, 0.1) is 20.4 Å². The van der Waals surface area contributed by atoms with Crippen molar-refractivity contribution in [1.29, 1.82) is 0 Å². The van der Waals surface area contributed by atoms with Crippen LogP contribution in [0.2, 0.25) is 0 Å². The lowest BCUT2D eigenvalue weighted by Gasteiger charge is -2.08. The molecule has 2 amide bonds. The van der Waals surface area contributed by atoms with Gasteiger partial charge in [-0.05, 0) is 48.0 Å². The molecule has 2 rings (SSSR count). The molecule has 0 saturated heterocycles. The fourth-order valence-electron chi connectivity index (χ4n) is 2.15. The van der Waals surface area contributed by atoms with Gasteiger partial charge in [-0.3, -0.25) is 9.59 Å². The molecule has 0 heterocycles. The van der Waals surface area contributed by atoms with Gasteiger partial charge in [0.15, 0.2) is 11.5 Å². The van der Waals surface area contributed by atoms with Crippen LogP contribution in [0.4, 0.5) is 5.69 Å². The molecule has 0 aliphatic heterocycles. The highest BCUT2D eigenvalue weighted by Crippen LogP contribution is 2.26. The molecule has 0 spiro atoms. The Morgan fingerprint density at radius 1 is 1.00 bits per heavy atom. The molecule has 2 N–H and O–H groups in total. The second-order valence-corrected chi connectivity index (χ2v) is 6.03. The molecule has 0 bridgehead atoms. The molecular weight excluding hydrogens is 346 g/mol. The van der Waals surface area contributed by atoms with E-state index < -0.39 is 0 Å². The molecule has 2 aromatic carbocycles. The lowest BCUT2D eigenvalue weighted by molar-refractivity contribution is -0.118. The Bertz CT molecular complexity index is 830. The summed E-state index contributed by atoms with van der Waals surface area (Å²) >= 11 is 0. The number of ether oxygens (including phenoxy) is 2. The SMILES string of the molecule is COc1ccc(/C=N\NC(=O)c2ccc(NC(=O)C(C)C)cc2)cc1OC. The summed E-state index contributed by atoms with van der Waals surface area (Å²) in [4.78, 5) is 23.8. The monoisotopic (exact) mass is 369 g/mol. The maximum Gasteiger partial charge on any atom is 0.271 e. The van der Waals surface area contributed by atoms with Gasteiger partial charge in [0.25, 0.3) is 5.91 Å². The van der Waals surface area contributed by atoms with Crippen LogP contribution in [0.1, 0.15) is 29.8 Å². The molecule has 0 aliphatic carbocycles. The zero-order chi connectivity index (χ0) is 19.8. The van der Waals surface area contributed by atoms with E-state index in [4.69, 9.17) is 9.47 Å². The topological polar surface area (TPSA) is 89.0 Å². The number of benzene rings is 2. The van der Waals surface area contributed by atoms with Gasteiger partial charge in [-0.15, -0.1) is 0 Å². The Morgan fingerprint density at radius 3 is 2.26 bits per heavy atom. The number of amides is 2. The van der Waals surface area contributed by atoms with Crippen molar-refractivity contribution in [2.45, 2.75) is 13.8 Å². The minimum atomic E-state index is -0.353. The molecule has 0 aromatic heterocycles. The Kier molecular flexibility index (Phi) is 6.93. The van der Waals surface area contributed by atoms with Gasteiger partial charge >= 0.3 is 0 Å². The van der Waals surface area contributed by atoms with Gasteiger partial charge in [-0.1, -0.05) is 13.8 Å². The summed E-state index contributed by atoms with van der Waals surface area (Å²) in [6.07, 6.45) is 1.51. The van der Waals surface area contributed by atoms with E-state index in [9.17, 15) is 9.59 Å². The van der Waals surface area contributed by atoms with Crippen molar-refractivity contribution in [3.63, 3.8) is 0 Å². The van der Waals surface area contributed by atoms with Crippen LogP contribution in [-0.2, 0) is 4.79 Å². The van der Waals surface area contributed by atoms with E-state index in [1.54, 1.807) is 56.7 Å². The lowest BCUT2D eigenvalue weighted by atomic mass is 10.1. The molecule has 142 valence electrons. The normalized spacial score (nSPS) is 10.7. The highest BCUT2D eigenvalue weighted by Gasteiger charge is 2.08. The first-order valence-electron chi connectivity index (χ1n) is 8.41. The minimum absolute atomic E-state index is 0.0771. The molecule has 0 aliphatic rings.